The molecule has 0 saturated carbocycles. The van der Waals surface area contributed by atoms with E-state index in [0.717, 1.165) is 0 Å². The number of hydrogen-bond acceptors (Lipinski definition) is 2. The van der Waals surface area contributed by atoms with Gasteiger partial charge in [-0.15, -0.1) is 0 Å². The molecule has 3 nitrogen and oxygen atoms in total. The molecule has 0 amide bonds. The molecule has 0 radical (unpaired) electrons. The number of carboxylic acid groups (broad SMARTS) is 1. The van der Waals surface area contributed by atoms with E-state index in [1.165, 1.54) is 0 Å². The van der Waals surface area contributed by atoms with E-state index in [1.807, 2.05) is 0 Å². The van der Waals surface area contributed by atoms with Crippen LogP contribution in [0.2, 0.25) is 0 Å². The Morgan fingerprint density at radius 2 is 2.36 bits per heavy atom. The molecular weight excluding hydrogens is 142 g/mol. The van der Waals surface area contributed by atoms with Crippen molar-refractivity contribution in [3.8, 4) is 0 Å². The van der Waals surface area contributed by atoms with Crippen molar-refractivity contribution in [2.75, 3.05) is 6.54 Å². The smallest absolute Gasteiger partial charge is 0.303 e. The SMILES string of the molecule is [2H]C([2H])([2H])C(C[C@H](CN)CC(=O)O)C([2H])([2H])[2H]. The van der Waals surface area contributed by atoms with Gasteiger partial charge in [-0.05, 0) is 24.8 Å². The van der Waals surface area contributed by atoms with Gasteiger partial charge in [0.1, 0.15) is 0 Å². The van der Waals surface area contributed by atoms with Crippen LogP contribution in [0.4, 0.5) is 0 Å². The van der Waals surface area contributed by atoms with E-state index in [4.69, 9.17) is 19.1 Å². The van der Waals surface area contributed by atoms with Gasteiger partial charge in [0.15, 0.2) is 0 Å². The monoisotopic (exact) mass is 165 g/mol. The van der Waals surface area contributed by atoms with Crippen LogP contribution in [-0.4, -0.2) is 17.6 Å². The molecule has 0 saturated heterocycles. The highest BCUT2D eigenvalue weighted by atomic mass is 16.4. The Hall–Kier alpha value is -0.570. The number of aliphatic carboxylic acids is 1. The Labute approximate surface area is 76.0 Å². The summed E-state index contributed by atoms with van der Waals surface area (Å²) in [6.45, 7) is -5.33. The number of rotatable bonds is 5. The zero-order valence-electron chi connectivity index (χ0n) is 12.2. The minimum absolute atomic E-state index is 0.0467. The first kappa shape index (κ1) is 3.90. The van der Waals surface area contributed by atoms with E-state index >= 15 is 0 Å². The van der Waals surface area contributed by atoms with Crippen LogP contribution in [0.25, 0.3) is 0 Å². The maximum atomic E-state index is 10.5. The van der Waals surface area contributed by atoms with E-state index in [2.05, 4.69) is 0 Å². The zero-order valence-corrected chi connectivity index (χ0v) is 6.21. The van der Waals surface area contributed by atoms with Gasteiger partial charge in [-0.2, -0.15) is 0 Å². The lowest BCUT2D eigenvalue weighted by atomic mass is 9.94. The van der Waals surface area contributed by atoms with Crippen LogP contribution < -0.4 is 5.73 Å². The average molecular weight is 165 g/mol. The molecule has 11 heavy (non-hydrogen) atoms. The average Bonchev–Trinajstić information content (AvgIpc) is 2.07. The van der Waals surface area contributed by atoms with Crippen LogP contribution in [0, 0.1) is 11.8 Å². The maximum absolute atomic E-state index is 10.5. The van der Waals surface area contributed by atoms with Gasteiger partial charge in [0.05, 0.1) is 0 Å². The Morgan fingerprint density at radius 1 is 1.73 bits per heavy atom. The Bertz CT molecular complexity index is 248. The van der Waals surface area contributed by atoms with Gasteiger partial charge in [0, 0.05) is 14.6 Å². The largest absolute Gasteiger partial charge is 0.481 e. The molecule has 0 spiro atoms. The highest BCUT2D eigenvalue weighted by Crippen LogP contribution is 2.13. The Morgan fingerprint density at radius 3 is 2.73 bits per heavy atom. The fraction of sp³-hybridized carbons (Fsp3) is 0.875. The molecule has 0 unspecified atom stereocenters. The quantitative estimate of drug-likeness (QED) is 0.640. The maximum Gasteiger partial charge on any atom is 0.303 e. The standard InChI is InChI=1S/C8H17NO2/c1-6(2)3-7(5-9)4-8(10)11/h6-7H,3-5,9H2,1-2H3,(H,10,11)/t7-/m0/s1/i1D3,2D3. The first-order valence-corrected chi connectivity index (χ1v) is 3.40. The van der Waals surface area contributed by atoms with Crippen molar-refractivity contribution >= 4 is 5.97 Å². The van der Waals surface area contributed by atoms with Crippen LogP contribution in [0.5, 0.6) is 0 Å². The summed E-state index contributed by atoms with van der Waals surface area (Å²) in [5.41, 5.74) is 5.33. The summed E-state index contributed by atoms with van der Waals surface area (Å²) in [5.74, 6) is -3.29. The van der Waals surface area contributed by atoms with Gasteiger partial charge in [-0.1, -0.05) is 13.7 Å². The van der Waals surface area contributed by atoms with Gasteiger partial charge in [-0.25, -0.2) is 0 Å². The third kappa shape index (κ3) is 5.85. The normalized spacial score (nSPS) is 23.8. The molecule has 0 bridgehead atoms. The fourth-order valence-electron chi connectivity index (χ4n) is 0.843. The summed E-state index contributed by atoms with van der Waals surface area (Å²) >= 11 is 0. The number of carboxylic acids is 1. The minimum Gasteiger partial charge on any atom is -0.481 e. The third-order valence-electron chi connectivity index (χ3n) is 1.37. The van der Waals surface area contributed by atoms with Gasteiger partial charge >= 0.3 is 5.97 Å². The molecule has 0 aliphatic carbocycles. The second-order valence-corrected chi connectivity index (χ2v) is 2.49. The highest BCUT2D eigenvalue weighted by Gasteiger charge is 2.12. The summed E-state index contributed by atoms with van der Waals surface area (Å²) in [4.78, 5) is 10.5. The van der Waals surface area contributed by atoms with Crippen LogP contribution >= 0.6 is 0 Å². The van der Waals surface area contributed by atoms with Gasteiger partial charge in [0.25, 0.3) is 0 Å². The molecule has 1 atom stereocenters. The summed E-state index contributed by atoms with van der Waals surface area (Å²) in [6.07, 6.45) is -0.561. The van der Waals surface area contributed by atoms with E-state index in [9.17, 15) is 4.79 Å². The molecule has 0 aromatic rings. The van der Waals surface area contributed by atoms with Crippen molar-refractivity contribution < 1.29 is 18.1 Å². The second-order valence-electron chi connectivity index (χ2n) is 2.49. The van der Waals surface area contributed by atoms with Crippen LogP contribution in [0.1, 0.15) is 34.8 Å². The molecule has 66 valence electrons. The second kappa shape index (κ2) is 5.13. The van der Waals surface area contributed by atoms with E-state index in [-0.39, 0.29) is 19.4 Å². The van der Waals surface area contributed by atoms with Crippen LogP contribution in [-0.2, 0) is 4.79 Å². The van der Waals surface area contributed by atoms with E-state index in [0.29, 0.717) is 0 Å². The van der Waals surface area contributed by atoms with Crippen molar-refractivity contribution in [1.29, 1.82) is 0 Å². The Balaban J connectivity index is 4.80. The number of hydrogen-bond donors (Lipinski definition) is 2. The first-order chi connectivity index (χ1) is 7.48. The van der Waals surface area contributed by atoms with Crippen LogP contribution in [0.3, 0.4) is 0 Å². The molecule has 3 N–H and O–H groups in total. The number of nitrogens with two attached hydrogens (primary N) is 1. The predicted molar refractivity (Wildman–Crippen MR) is 44.3 cm³/mol. The molecule has 0 aromatic carbocycles. The third-order valence-corrected chi connectivity index (χ3v) is 1.37. The molecule has 0 aromatic heterocycles. The van der Waals surface area contributed by atoms with Gasteiger partial charge in [-0.3, -0.25) is 4.79 Å². The lowest BCUT2D eigenvalue weighted by Gasteiger charge is -2.13. The molecule has 0 aliphatic rings. The van der Waals surface area contributed by atoms with Crippen LogP contribution in [0.15, 0.2) is 0 Å². The van der Waals surface area contributed by atoms with Gasteiger partial charge in [0.2, 0.25) is 0 Å². The van der Waals surface area contributed by atoms with Crippen molar-refractivity contribution in [3.05, 3.63) is 0 Å². The molecule has 0 fully saturated rings. The zero-order chi connectivity index (χ0) is 13.9. The van der Waals surface area contributed by atoms with Crippen molar-refractivity contribution in [2.24, 2.45) is 17.6 Å². The van der Waals surface area contributed by atoms with Crippen molar-refractivity contribution in [3.63, 3.8) is 0 Å². The predicted octanol–water partition coefficient (Wildman–Crippen LogP) is 1.08. The van der Waals surface area contributed by atoms with E-state index in [1.54, 1.807) is 0 Å². The summed E-state index contributed by atoms with van der Waals surface area (Å²) < 4.78 is 43.1. The molecular formula is C8H17NO2. The number of carbonyl (C=O) groups is 1. The molecule has 0 rings (SSSR count). The lowest BCUT2D eigenvalue weighted by Crippen LogP contribution is -2.19. The Kier molecular flexibility index (Phi) is 1.82. The molecule has 0 aliphatic heterocycles. The van der Waals surface area contributed by atoms with Crippen molar-refractivity contribution in [1.82, 2.24) is 0 Å². The van der Waals surface area contributed by atoms with Crippen molar-refractivity contribution in [2.45, 2.75) is 26.5 Å². The highest BCUT2D eigenvalue weighted by molar-refractivity contribution is 5.67. The minimum atomic E-state index is -2.64. The first-order valence-electron chi connectivity index (χ1n) is 6.40. The summed E-state index contributed by atoms with van der Waals surface area (Å²) in [5, 5.41) is 8.60. The fourth-order valence-corrected chi connectivity index (χ4v) is 0.843. The molecule has 0 heterocycles. The van der Waals surface area contributed by atoms with Gasteiger partial charge < -0.3 is 10.8 Å². The molecule has 3 heteroatoms. The summed E-state index contributed by atoms with van der Waals surface area (Å²) in [6, 6.07) is 0. The topological polar surface area (TPSA) is 63.3 Å². The summed E-state index contributed by atoms with van der Waals surface area (Å²) in [7, 11) is 0. The lowest BCUT2D eigenvalue weighted by molar-refractivity contribution is -0.138. The van der Waals surface area contributed by atoms with E-state index < -0.39 is 31.5 Å².